The van der Waals surface area contributed by atoms with E-state index in [4.69, 9.17) is 10.5 Å². The van der Waals surface area contributed by atoms with E-state index >= 15 is 0 Å². The van der Waals surface area contributed by atoms with Crippen molar-refractivity contribution in [3.63, 3.8) is 0 Å². The van der Waals surface area contributed by atoms with E-state index in [9.17, 15) is 14.7 Å². The first-order valence-corrected chi connectivity index (χ1v) is 13.2. The number of nitrogens with two attached hydrogens (primary N) is 1. The van der Waals surface area contributed by atoms with Crippen LogP contribution in [0.1, 0.15) is 48.4 Å². The number of ether oxygens (including phenoxy) is 1. The normalized spacial score (nSPS) is 12.6. The largest absolute Gasteiger partial charge is 0.457 e. The van der Waals surface area contributed by atoms with E-state index in [-0.39, 0.29) is 11.6 Å². The molecule has 8 nitrogen and oxygen atoms in total. The first kappa shape index (κ1) is 29.0. The molecule has 2 amide bonds. The second-order valence-corrected chi connectivity index (χ2v) is 10.0. The molecule has 0 fully saturated rings. The van der Waals surface area contributed by atoms with Crippen LogP contribution in [0.4, 0.5) is 5.69 Å². The fraction of sp³-hybridized carbons (Fsp3) is 0.212. The monoisotopic (exact) mass is 548 g/mol. The molecule has 0 radical (unpaired) electrons. The van der Waals surface area contributed by atoms with Crippen molar-refractivity contribution in [3.8, 4) is 34.5 Å². The highest BCUT2D eigenvalue weighted by molar-refractivity contribution is 5.95. The zero-order valence-corrected chi connectivity index (χ0v) is 23.3. The number of carbonyl (C=O) groups is 2. The molecule has 2 aromatic carbocycles. The van der Waals surface area contributed by atoms with Gasteiger partial charge in [-0.3, -0.25) is 14.6 Å². The van der Waals surface area contributed by atoms with Gasteiger partial charge in [-0.25, -0.2) is 4.98 Å². The van der Waals surface area contributed by atoms with Gasteiger partial charge in [0.25, 0.3) is 5.91 Å². The molecule has 3 heterocycles. The van der Waals surface area contributed by atoms with Crippen molar-refractivity contribution in [3.05, 3.63) is 102 Å². The molecule has 0 aliphatic carbocycles. The Morgan fingerprint density at radius 3 is 2.41 bits per heavy atom. The predicted molar refractivity (Wildman–Crippen MR) is 158 cm³/mol. The van der Waals surface area contributed by atoms with Crippen molar-refractivity contribution < 1.29 is 19.4 Å². The molecule has 41 heavy (non-hydrogen) atoms. The van der Waals surface area contributed by atoms with Gasteiger partial charge in [0.05, 0.1) is 0 Å². The number of carbonyl (C=O) groups excluding carboxylic acids is 2. The van der Waals surface area contributed by atoms with Gasteiger partial charge >= 0.3 is 0 Å². The number of pyridine rings is 2. The van der Waals surface area contributed by atoms with Crippen molar-refractivity contribution in [2.24, 2.45) is 5.73 Å². The summed E-state index contributed by atoms with van der Waals surface area (Å²) in [6.45, 7) is 3.28. The van der Waals surface area contributed by atoms with Gasteiger partial charge in [-0.2, -0.15) is 0 Å². The van der Waals surface area contributed by atoms with Gasteiger partial charge in [0, 0.05) is 43.2 Å². The van der Waals surface area contributed by atoms with Crippen LogP contribution in [0.15, 0.2) is 85.2 Å². The van der Waals surface area contributed by atoms with Crippen LogP contribution >= 0.6 is 0 Å². The Bertz CT molecular complexity index is 1580. The maximum absolute atomic E-state index is 12.1. The van der Waals surface area contributed by atoms with Crippen LogP contribution in [0.25, 0.3) is 11.1 Å². The lowest BCUT2D eigenvalue weighted by Crippen LogP contribution is -2.24. The number of anilines is 1. The molecule has 8 heteroatoms. The molecule has 0 spiro atoms. The van der Waals surface area contributed by atoms with Crippen molar-refractivity contribution in [1.29, 1.82) is 0 Å². The van der Waals surface area contributed by atoms with Gasteiger partial charge in [0.1, 0.15) is 28.5 Å². The zero-order chi connectivity index (χ0) is 29.4. The minimum absolute atomic E-state index is 0.159. The number of hydrogen-bond acceptors (Lipinski definition) is 6. The molecule has 3 N–H and O–H groups in total. The van der Waals surface area contributed by atoms with Crippen LogP contribution in [0.3, 0.4) is 0 Å². The SMILES string of the molecule is CN1C(=O)CCCc2ccc(-c3ccc(C#CC(C)(C)O)nc3)cc21.NC(=O)c1cc(Oc2ccccc2)ccn1. The molecule has 0 saturated carbocycles. The number of aromatic nitrogens is 2. The molecule has 0 bridgehead atoms. The predicted octanol–water partition coefficient (Wildman–Crippen LogP) is 5.14. The Morgan fingerprint density at radius 2 is 1.73 bits per heavy atom. The van der Waals surface area contributed by atoms with E-state index in [1.165, 1.54) is 17.8 Å². The Hall–Kier alpha value is -5.00. The summed E-state index contributed by atoms with van der Waals surface area (Å²) in [5.41, 5.74) is 9.07. The van der Waals surface area contributed by atoms with Crippen molar-refractivity contribution >= 4 is 17.5 Å². The van der Waals surface area contributed by atoms with Gasteiger partial charge in [-0.1, -0.05) is 42.3 Å². The lowest BCUT2D eigenvalue weighted by Gasteiger charge is -2.18. The second-order valence-electron chi connectivity index (χ2n) is 10.0. The van der Waals surface area contributed by atoms with Gasteiger partial charge in [0.15, 0.2) is 0 Å². The summed E-state index contributed by atoms with van der Waals surface area (Å²) in [6, 6.07) is 22.5. The smallest absolute Gasteiger partial charge is 0.267 e. The number of aryl methyl sites for hydroxylation is 1. The van der Waals surface area contributed by atoms with E-state index in [1.807, 2.05) is 49.5 Å². The van der Waals surface area contributed by atoms with E-state index in [2.05, 4.69) is 40.0 Å². The summed E-state index contributed by atoms with van der Waals surface area (Å²) in [7, 11) is 1.84. The Morgan fingerprint density at radius 1 is 0.976 bits per heavy atom. The van der Waals surface area contributed by atoms with Gasteiger partial charge in [-0.15, -0.1) is 0 Å². The molecule has 2 aromatic heterocycles. The standard InChI is InChI=1S/C21H22N2O2.C12H10N2O2/c1-21(2,25)12-11-18-10-9-17(14-22-18)16-8-7-15-5-4-6-20(24)23(3)19(15)13-16;13-12(15)11-8-10(6-7-14-11)16-9-4-2-1-3-5-9/h7-10,13-14,25H,4-6H2,1-3H3;1-8H,(H2,13,15). The summed E-state index contributed by atoms with van der Waals surface area (Å²) in [6.07, 6.45) is 5.67. The molecule has 5 rings (SSSR count). The van der Waals surface area contributed by atoms with E-state index in [0.717, 1.165) is 29.7 Å². The lowest BCUT2D eigenvalue weighted by atomic mass is 10.0. The Kier molecular flexibility index (Phi) is 9.12. The van der Waals surface area contributed by atoms with Crippen LogP contribution in [0.2, 0.25) is 0 Å². The molecule has 0 atom stereocenters. The first-order valence-electron chi connectivity index (χ1n) is 13.2. The quantitative estimate of drug-likeness (QED) is 0.341. The summed E-state index contributed by atoms with van der Waals surface area (Å²) in [5, 5.41) is 9.66. The molecular weight excluding hydrogens is 516 g/mol. The summed E-state index contributed by atoms with van der Waals surface area (Å²) < 4.78 is 5.52. The second kappa shape index (κ2) is 12.9. The highest BCUT2D eigenvalue weighted by Gasteiger charge is 2.19. The molecule has 0 unspecified atom stereocenters. The fourth-order valence-corrected chi connectivity index (χ4v) is 4.09. The number of fused-ring (bicyclic) bond motifs is 1. The van der Waals surface area contributed by atoms with E-state index in [0.29, 0.717) is 23.6 Å². The van der Waals surface area contributed by atoms with Crippen molar-refractivity contribution in [1.82, 2.24) is 9.97 Å². The number of primary amides is 1. The molecule has 1 aliphatic rings. The number of para-hydroxylation sites is 1. The third-order valence-corrected chi connectivity index (χ3v) is 6.21. The number of rotatable bonds is 4. The first-order chi connectivity index (χ1) is 19.6. The van der Waals surface area contributed by atoms with Crippen LogP contribution in [0, 0.1) is 11.8 Å². The highest BCUT2D eigenvalue weighted by Crippen LogP contribution is 2.31. The highest BCUT2D eigenvalue weighted by atomic mass is 16.5. The van der Waals surface area contributed by atoms with Crippen LogP contribution in [0.5, 0.6) is 11.5 Å². The number of amides is 2. The van der Waals surface area contributed by atoms with E-state index < -0.39 is 11.5 Å². The van der Waals surface area contributed by atoms with Crippen LogP contribution in [-0.4, -0.2) is 39.5 Å². The van der Waals surface area contributed by atoms with Crippen LogP contribution in [-0.2, 0) is 11.2 Å². The average molecular weight is 549 g/mol. The Balaban J connectivity index is 0.000000208. The third kappa shape index (κ3) is 8.24. The Labute approximate surface area is 239 Å². The fourth-order valence-electron chi connectivity index (χ4n) is 4.09. The maximum atomic E-state index is 12.1. The molecule has 0 saturated heterocycles. The summed E-state index contributed by atoms with van der Waals surface area (Å²) in [4.78, 5) is 32.9. The zero-order valence-electron chi connectivity index (χ0n) is 23.3. The van der Waals surface area contributed by atoms with Crippen LogP contribution < -0.4 is 15.4 Å². The number of hydrogen-bond donors (Lipinski definition) is 2. The average Bonchev–Trinajstić information content (AvgIpc) is 3.10. The van der Waals surface area contributed by atoms with Gasteiger partial charge in [-0.05, 0) is 74.1 Å². The maximum Gasteiger partial charge on any atom is 0.267 e. The molecule has 4 aromatic rings. The van der Waals surface area contributed by atoms with Crippen molar-refractivity contribution in [2.45, 2.75) is 38.7 Å². The number of benzene rings is 2. The van der Waals surface area contributed by atoms with Gasteiger partial charge < -0.3 is 20.5 Å². The molecule has 208 valence electrons. The summed E-state index contributed by atoms with van der Waals surface area (Å²) >= 11 is 0. The molecular formula is C33H32N4O4. The van der Waals surface area contributed by atoms with Crippen molar-refractivity contribution in [2.75, 3.05) is 11.9 Å². The minimum atomic E-state index is -1.03. The minimum Gasteiger partial charge on any atom is -0.457 e. The summed E-state index contributed by atoms with van der Waals surface area (Å²) in [5.74, 6) is 6.45. The number of aliphatic hydroxyl groups is 1. The number of nitrogens with zero attached hydrogens (tertiary/aromatic N) is 3. The molecule has 1 aliphatic heterocycles. The topological polar surface area (TPSA) is 119 Å². The third-order valence-electron chi connectivity index (χ3n) is 6.21. The lowest BCUT2D eigenvalue weighted by molar-refractivity contribution is -0.118. The van der Waals surface area contributed by atoms with E-state index in [1.54, 1.807) is 31.0 Å². The van der Waals surface area contributed by atoms with Gasteiger partial charge in [0.2, 0.25) is 5.91 Å².